The van der Waals surface area contributed by atoms with E-state index in [0.717, 1.165) is 6.42 Å². The standard InChI is InChI=1S/C16H17N3O3S2/c1-11(16(20)17-9-8-12-5-4-10-23-12)18-15-13-6-2-3-7-14(13)24(21,22)19-15/h2-7,10-11H,8-9H2,1H3,(H,17,20)(H,18,19)/t11-/m0/s1. The molecular weight excluding hydrogens is 346 g/mol. The van der Waals surface area contributed by atoms with Gasteiger partial charge in [-0.15, -0.1) is 11.3 Å². The molecule has 6 nitrogen and oxygen atoms in total. The number of amidine groups is 1. The number of hydrogen-bond donors (Lipinski definition) is 2. The third-order valence-corrected chi connectivity index (χ3v) is 5.95. The summed E-state index contributed by atoms with van der Waals surface area (Å²) >= 11 is 1.65. The number of nitrogens with zero attached hydrogens (tertiary/aromatic N) is 1. The Labute approximate surface area is 144 Å². The van der Waals surface area contributed by atoms with Crippen molar-refractivity contribution < 1.29 is 13.2 Å². The SMILES string of the molecule is C[C@H](N=C1NS(=O)(=O)c2ccccc21)C(=O)NCCc1cccs1. The summed E-state index contributed by atoms with van der Waals surface area (Å²) in [6.45, 7) is 2.17. The monoisotopic (exact) mass is 363 g/mol. The predicted molar refractivity (Wildman–Crippen MR) is 93.8 cm³/mol. The molecular formula is C16H17N3O3S2. The summed E-state index contributed by atoms with van der Waals surface area (Å²) in [5, 5.41) is 4.82. The molecule has 1 atom stereocenters. The van der Waals surface area contributed by atoms with Crippen molar-refractivity contribution in [3.8, 4) is 0 Å². The van der Waals surface area contributed by atoms with Crippen molar-refractivity contribution in [1.29, 1.82) is 0 Å². The summed E-state index contributed by atoms with van der Waals surface area (Å²) in [4.78, 5) is 17.8. The molecule has 0 saturated carbocycles. The lowest BCUT2D eigenvalue weighted by Crippen LogP contribution is -2.35. The van der Waals surface area contributed by atoms with Crippen LogP contribution in [-0.2, 0) is 21.2 Å². The minimum Gasteiger partial charge on any atom is -0.354 e. The molecule has 24 heavy (non-hydrogen) atoms. The Hall–Kier alpha value is -2.19. The molecule has 0 fully saturated rings. The highest BCUT2D eigenvalue weighted by molar-refractivity contribution is 7.90. The topological polar surface area (TPSA) is 87.6 Å². The molecule has 1 aromatic heterocycles. The maximum absolute atomic E-state index is 12.1. The van der Waals surface area contributed by atoms with Gasteiger partial charge in [-0.3, -0.25) is 14.5 Å². The maximum atomic E-state index is 12.1. The van der Waals surface area contributed by atoms with E-state index in [1.165, 1.54) is 10.9 Å². The molecule has 0 saturated heterocycles. The summed E-state index contributed by atoms with van der Waals surface area (Å²) in [5.74, 6) is -0.0193. The third-order valence-electron chi connectivity index (χ3n) is 3.62. The zero-order valence-electron chi connectivity index (χ0n) is 13.0. The zero-order valence-corrected chi connectivity index (χ0v) is 14.7. The molecule has 0 bridgehead atoms. The van der Waals surface area contributed by atoms with Gasteiger partial charge in [0.25, 0.3) is 10.0 Å². The average Bonchev–Trinajstić information content (AvgIpc) is 3.15. The fourth-order valence-electron chi connectivity index (χ4n) is 2.39. The van der Waals surface area contributed by atoms with E-state index in [-0.39, 0.29) is 16.6 Å². The Morgan fingerprint density at radius 1 is 1.29 bits per heavy atom. The van der Waals surface area contributed by atoms with Crippen molar-refractivity contribution in [3.05, 3.63) is 52.2 Å². The number of thiophene rings is 1. The van der Waals surface area contributed by atoms with Gasteiger partial charge in [0.05, 0.1) is 4.90 Å². The van der Waals surface area contributed by atoms with E-state index in [9.17, 15) is 13.2 Å². The first-order valence-electron chi connectivity index (χ1n) is 7.47. The third kappa shape index (κ3) is 3.49. The van der Waals surface area contributed by atoms with Crippen LogP contribution in [0.4, 0.5) is 0 Å². The van der Waals surface area contributed by atoms with Crippen LogP contribution in [0.3, 0.4) is 0 Å². The van der Waals surface area contributed by atoms with E-state index in [1.807, 2.05) is 17.5 Å². The van der Waals surface area contributed by atoms with Crippen LogP contribution < -0.4 is 10.0 Å². The summed E-state index contributed by atoms with van der Waals surface area (Å²) in [6, 6.07) is 9.89. The molecule has 1 aliphatic heterocycles. The number of carbonyl (C=O) groups is 1. The predicted octanol–water partition coefficient (Wildman–Crippen LogP) is 1.53. The Kier molecular flexibility index (Phi) is 4.68. The van der Waals surface area contributed by atoms with Gasteiger partial charge in [-0.1, -0.05) is 18.2 Å². The molecule has 126 valence electrons. The summed E-state index contributed by atoms with van der Waals surface area (Å²) in [5.41, 5.74) is 0.496. The molecule has 0 aliphatic carbocycles. The lowest BCUT2D eigenvalue weighted by atomic mass is 10.2. The number of sulfonamides is 1. The largest absolute Gasteiger partial charge is 0.354 e. The number of fused-ring (bicyclic) bond motifs is 1. The molecule has 2 aromatic rings. The number of hydrogen-bond acceptors (Lipinski definition) is 5. The van der Waals surface area contributed by atoms with Crippen LogP contribution in [0.15, 0.2) is 51.7 Å². The highest BCUT2D eigenvalue weighted by Gasteiger charge is 2.31. The number of benzene rings is 1. The minimum atomic E-state index is -3.58. The second-order valence-corrected chi connectivity index (χ2v) is 8.06. The lowest BCUT2D eigenvalue weighted by Gasteiger charge is -2.09. The van der Waals surface area contributed by atoms with Crippen LogP contribution in [0, 0.1) is 0 Å². The number of rotatable bonds is 5. The quantitative estimate of drug-likeness (QED) is 0.844. The van der Waals surface area contributed by atoms with Crippen LogP contribution in [0.2, 0.25) is 0 Å². The Balaban J connectivity index is 1.66. The van der Waals surface area contributed by atoms with Gasteiger partial charge in [-0.25, -0.2) is 8.42 Å². The molecule has 0 spiro atoms. The summed E-state index contributed by atoms with van der Waals surface area (Å²) in [6.07, 6.45) is 0.766. The Morgan fingerprint density at radius 3 is 2.83 bits per heavy atom. The van der Waals surface area contributed by atoms with Gasteiger partial charge in [0.1, 0.15) is 11.9 Å². The molecule has 0 unspecified atom stereocenters. The second kappa shape index (κ2) is 6.74. The van der Waals surface area contributed by atoms with E-state index in [0.29, 0.717) is 12.1 Å². The van der Waals surface area contributed by atoms with Crippen molar-refractivity contribution in [1.82, 2.24) is 10.0 Å². The van der Waals surface area contributed by atoms with Gasteiger partial charge in [0, 0.05) is 17.0 Å². The fourth-order valence-corrected chi connectivity index (χ4v) is 4.34. The molecule has 0 radical (unpaired) electrons. The highest BCUT2D eigenvalue weighted by Crippen LogP contribution is 2.22. The number of nitrogens with one attached hydrogen (secondary N) is 2. The van der Waals surface area contributed by atoms with E-state index >= 15 is 0 Å². The molecule has 3 rings (SSSR count). The van der Waals surface area contributed by atoms with Crippen molar-refractivity contribution in [2.45, 2.75) is 24.3 Å². The van der Waals surface area contributed by atoms with Crippen LogP contribution in [-0.4, -0.2) is 32.7 Å². The normalized spacial score (nSPS) is 18.0. The molecule has 8 heteroatoms. The van der Waals surface area contributed by atoms with Crippen molar-refractivity contribution in [2.24, 2.45) is 4.99 Å². The van der Waals surface area contributed by atoms with Crippen molar-refractivity contribution >= 4 is 33.1 Å². The van der Waals surface area contributed by atoms with Gasteiger partial charge in [-0.05, 0) is 36.9 Å². The van der Waals surface area contributed by atoms with Gasteiger partial charge >= 0.3 is 0 Å². The number of aliphatic imine (C=N–C) groups is 1. The van der Waals surface area contributed by atoms with E-state index in [1.54, 1.807) is 36.5 Å². The van der Waals surface area contributed by atoms with Gasteiger partial charge < -0.3 is 5.32 Å². The molecule has 1 aromatic carbocycles. The maximum Gasteiger partial charge on any atom is 0.263 e. The van der Waals surface area contributed by atoms with E-state index < -0.39 is 16.1 Å². The van der Waals surface area contributed by atoms with Crippen LogP contribution in [0.1, 0.15) is 17.4 Å². The number of carbonyl (C=O) groups excluding carboxylic acids is 1. The smallest absolute Gasteiger partial charge is 0.263 e. The molecule has 1 aliphatic rings. The van der Waals surface area contributed by atoms with Gasteiger partial charge in [-0.2, -0.15) is 0 Å². The number of amides is 1. The minimum absolute atomic E-state index is 0.189. The molecule has 2 heterocycles. The van der Waals surface area contributed by atoms with Crippen molar-refractivity contribution in [3.63, 3.8) is 0 Å². The lowest BCUT2D eigenvalue weighted by molar-refractivity contribution is -0.121. The first-order valence-corrected chi connectivity index (χ1v) is 9.84. The molecule has 1 amide bonds. The van der Waals surface area contributed by atoms with Gasteiger partial charge in [0.2, 0.25) is 5.91 Å². The van der Waals surface area contributed by atoms with Crippen LogP contribution >= 0.6 is 11.3 Å². The first kappa shape index (κ1) is 16.7. The first-order chi connectivity index (χ1) is 11.5. The van der Waals surface area contributed by atoms with E-state index in [4.69, 9.17) is 0 Å². The van der Waals surface area contributed by atoms with E-state index in [2.05, 4.69) is 15.0 Å². The second-order valence-electron chi connectivity index (χ2n) is 5.38. The Bertz CT molecular complexity index is 874. The van der Waals surface area contributed by atoms with Crippen molar-refractivity contribution in [2.75, 3.05) is 6.54 Å². The molecule has 2 N–H and O–H groups in total. The highest BCUT2D eigenvalue weighted by atomic mass is 32.2. The van der Waals surface area contributed by atoms with Crippen LogP contribution in [0.5, 0.6) is 0 Å². The van der Waals surface area contributed by atoms with Gasteiger partial charge in [0.15, 0.2) is 0 Å². The summed E-state index contributed by atoms with van der Waals surface area (Å²) in [7, 11) is -3.58. The average molecular weight is 363 g/mol. The Morgan fingerprint density at radius 2 is 2.08 bits per heavy atom. The fraction of sp³-hybridized carbons (Fsp3) is 0.250. The van der Waals surface area contributed by atoms with Crippen LogP contribution in [0.25, 0.3) is 0 Å². The summed E-state index contributed by atoms with van der Waals surface area (Å²) < 4.78 is 26.5. The zero-order chi connectivity index (χ0) is 17.2.